The zero-order valence-corrected chi connectivity index (χ0v) is 12.5. The summed E-state index contributed by atoms with van der Waals surface area (Å²) in [5, 5.41) is 5.98. The average molecular weight is 294 g/mol. The van der Waals surface area contributed by atoms with E-state index in [1.165, 1.54) is 0 Å². The molecule has 0 aromatic rings. The summed E-state index contributed by atoms with van der Waals surface area (Å²) in [4.78, 5) is 39.7. The highest BCUT2D eigenvalue weighted by Gasteiger charge is 2.56. The largest absolute Gasteiger partial charge is 0.336 e. The Balaban J connectivity index is 1.68. The number of hydrogen-bond acceptors (Lipinski definition) is 4. The molecule has 2 saturated heterocycles. The van der Waals surface area contributed by atoms with Gasteiger partial charge in [0.05, 0.1) is 0 Å². The van der Waals surface area contributed by atoms with Gasteiger partial charge in [0.25, 0.3) is 5.91 Å². The van der Waals surface area contributed by atoms with Crippen LogP contribution in [0.5, 0.6) is 0 Å². The average Bonchev–Trinajstić information content (AvgIpc) is 3.25. The van der Waals surface area contributed by atoms with Crippen molar-refractivity contribution < 1.29 is 14.4 Å². The van der Waals surface area contributed by atoms with Crippen molar-refractivity contribution in [2.45, 2.75) is 38.3 Å². The summed E-state index contributed by atoms with van der Waals surface area (Å²) < 4.78 is 0. The van der Waals surface area contributed by atoms with Crippen molar-refractivity contribution in [1.29, 1.82) is 0 Å². The molecule has 0 spiro atoms. The number of carbonyl (C=O) groups is 3. The number of nitrogens with zero attached hydrogens (tertiary/aromatic N) is 2. The number of carbonyl (C=O) groups excluding carboxylic acids is 3. The van der Waals surface area contributed by atoms with E-state index >= 15 is 0 Å². The van der Waals surface area contributed by atoms with E-state index in [2.05, 4.69) is 10.6 Å². The smallest absolute Gasteiger partial charge is 0.325 e. The van der Waals surface area contributed by atoms with Crippen LogP contribution in [-0.2, 0) is 9.59 Å². The van der Waals surface area contributed by atoms with E-state index in [9.17, 15) is 14.4 Å². The van der Waals surface area contributed by atoms with Gasteiger partial charge >= 0.3 is 6.03 Å². The second-order valence-electron chi connectivity index (χ2n) is 6.44. The molecular formula is C14H22N4O3. The van der Waals surface area contributed by atoms with E-state index < -0.39 is 11.6 Å². The Kier molecular flexibility index (Phi) is 3.39. The van der Waals surface area contributed by atoms with E-state index in [1.54, 1.807) is 11.8 Å². The Labute approximate surface area is 124 Å². The van der Waals surface area contributed by atoms with Gasteiger partial charge in [0.2, 0.25) is 5.91 Å². The lowest BCUT2D eigenvalue weighted by Crippen LogP contribution is -2.55. The molecule has 0 aromatic carbocycles. The molecule has 2 N–H and O–H groups in total. The molecule has 2 atom stereocenters. The quantitative estimate of drug-likeness (QED) is 0.689. The SMILES string of the molecule is C[C@@H]1CNCCN1C(=O)CN1C(=O)NC(C)(C2CC2)C1=O. The molecule has 1 saturated carbocycles. The van der Waals surface area contributed by atoms with Gasteiger partial charge in [-0.3, -0.25) is 14.5 Å². The molecular weight excluding hydrogens is 272 g/mol. The molecule has 3 aliphatic rings. The van der Waals surface area contributed by atoms with Crippen molar-refractivity contribution in [3.63, 3.8) is 0 Å². The zero-order chi connectivity index (χ0) is 15.2. The first-order valence-corrected chi connectivity index (χ1v) is 7.58. The minimum Gasteiger partial charge on any atom is -0.336 e. The first-order valence-electron chi connectivity index (χ1n) is 7.58. The maximum absolute atomic E-state index is 12.5. The molecule has 4 amide bonds. The number of rotatable bonds is 3. The number of imide groups is 1. The third kappa shape index (κ3) is 2.39. The fourth-order valence-electron chi connectivity index (χ4n) is 3.23. The summed E-state index contributed by atoms with van der Waals surface area (Å²) in [7, 11) is 0. The van der Waals surface area contributed by atoms with Crippen LogP contribution in [0.1, 0.15) is 26.7 Å². The van der Waals surface area contributed by atoms with Crippen molar-refractivity contribution in [2.75, 3.05) is 26.2 Å². The molecule has 0 aromatic heterocycles. The number of hydrogen-bond donors (Lipinski definition) is 2. The maximum atomic E-state index is 12.5. The summed E-state index contributed by atoms with van der Waals surface area (Å²) in [5.74, 6) is -0.203. The molecule has 21 heavy (non-hydrogen) atoms. The third-order valence-electron chi connectivity index (χ3n) is 4.81. The van der Waals surface area contributed by atoms with E-state index in [-0.39, 0.29) is 30.3 Å². The molecule has 1 aliphatic carbocycles. The second kappa shape index (κ2) is 4.98. The lowest BCUT2D eigenvalue weighted by molar-refractivity contribution is -0.140. The van der Waals surface area contributed by atoms with Gasteiger partial charge in [0.1, 0.15) is 12.1 Å². The third-order valence-corrected chi connectivity index (χ3v) is 4.81. The van der Waals surface area contributed by atoms with Gasteiger partial charge in [0.15, 0.2) is 0 Å². The summed E-state index contributed by atoms with van der Waals surface area (Å²) in [6, 6.07) is -0.354. The van der Waals surface area contributed by atoms with Gasteiger partial charge in [-0.05, 0) is 32.6 Å². The molecule has 2 aliphatic heterocycles. The van der Waals surface area contributed by atoms with Crippen LogP contribution in [0, 0.1) is 5.92 Å². The highest BCUT2D eigenvalue weighted by Crippen LogP contribution is 2.42. The molecule has 1 unspecified atom stereocenters. The second-order valence-corrected chi connectivity index (χ2v) is 6.44. The first-order chi connectivity index (χ1) is 9.93. The minimum absolute atomic E-state index is 0.0850. The lowest BCUT2D eigenvalue weighted by Gasteiger charge is -2.34. The highest BCUT2D eigenvalue weighted by atomic mass is 16.2. The van der Waals surface area contributed by atoms with E-state index in [4.69, 9.17) is 0 Å². The van der Waals surface area contributed by atoms with Crippen LogP contribution in [0.15, 0.2) is 0 Å². The summed E-state index contributed by atoms with van der Waals surface area (Å²) in [6.45, 7) is 5.68. The Bertz CT molecular complexity index is 491. The molecule has 7 heteroatoms. The summed E-state index contributed by atoms with van der Waals surface area (Å²) in [6.07, 6.45) is 1.91. The maximum Gasteiger partial charge on any atom is 0.325 e. The van der Waals surface area contributed by atoms with Crippen LogP contribution in [0.4, 0.5) is 4.79 Å². The van der Waals surface area contributed by atoms with Gasteiger partial charge in [-0.2, -0.15) is 0 Å². The number of amides is 4. The number of nitrogens with one attached hydrogen (secondary N) is 2. The Hall–Kier alpha value is -1.63. The van der Waals surface area contributed by atoms with Crippen LogP contribution in [0.3, 0.4) is 0 Å². The summed E-state index contributed by atoms with van der Waals surface area (Å²) >= 11 is 0. The first kappa shape index (κ1) is 14.3. The monoisotopic (exact) mass is 294 g/mol. The summed E-state index contributed by atoms with van der Waals surface area (Å²) in [5.41, 5.74) is -0.813. The van der Waals surface area contributed by atoms with Gasteiger partial charge in [0, 0.05) is 25.7 Å². The van der Waals surface area contributed by atoms with E-state index in [0.717, 1.165) is 30.8 Å². The zero-order valence-electron chi connectivity index (χ0n) is 12.5. The Morgan fingerprint density at radius 2 is 2.10 bits per heavy atom. The van der Waals surface area contributed by atoms with Crippen LogP contribution in [-0.4, -0.2) is 65.4 Å². The van der Waals surface area contributed by atoms with Gasteiger partial charge in [-0.15, -0.1) is 0 Å². The molecule has 0 bridgehead atoms. The standard InChI is InChI=1S/C14H22N4O3/c1-9-7-15-5-6-17(9)11(19)8-18-12(20)14(2,10-3-4-10)16-13(18)21/h9-10,15H,3-8H2,1-2H3,(H,16,21)/t9-,14?/m1/s1. The van der Waals surface area contributed by atoms with E-state index in [1.807, 2.05) is 6.92 Å². The predicted molar refractivity (Wildman–Crippen MR) is 75.4 cm³/mol. The normalized spacial score (nSPS) is 33.3. The van der Waals surface area contributed by atoms with Gasteiger partial charge < -0.3 is 15.5 Å². The highest BCUT2D eigenvalue weighted by molar-refractivity contribution is 6.09. The van der Waals surface area contributed by atoms with Crippen LogP contribution in [0.2, 0.25) is 0 Å². The minimum atomic E-state index is -0.813. The fourth-order valence-corrected chi connectivity index (χ4v) is 3.23. The van der Waals surface area contributed by atoms with Crippen LogP contribution in [0.25, 0.3) is 0 Å². The van der Waals surface area contributed by atoms with Crippen molar-refractivity contribution in [3.8, 4) is 0 Å². The van der Waals surface area contributed by atoms with Crippen molar-refractivity contribution in [3.05, 3.63) is 0 Å². The van der Waals surface area contributed by atoms with Crippen LogP contribution >= 0.6 is 0 Å². The van der Waals surface area contributed by atoms with E-state index in [0.29, 0.717) is 6.54 Å². The number of urea groups is 1. The Morgan fingerprint density at radius 1 is 1.38 bits per heavy atom. The molecule has 0 radical (unpaired) electrons. The lowest BCUT2D eigenvalue weighted by atomic mass is 9.96. The molecule has 7 nitrogen and oxygen atoms in total. The fraction of sp³-hybridized carbons (Fsp3) is 0.786. The van der Waals surface area contributed by atoms with Gasteiger partial charge in [-0.25, -0.2) is 4.79 Å². The van der Waals surface area contributed by atoms with Crippen molar-refractivity contribution in [1.82, 2.24) is 20.4 Å². The van der Waals surface area contributed by atoms with Crippen LogP contribution < -0.4 is 10.6 Å². The molecule has 116 valence electrons. The Morgan fingerprint density at radius 3 is 2.71 bits per heavy atom. The topological polar surface area (TPSA) is 81.8 Å². The van der Waals surface area contributed by atoms with Gasteiger partial charge in [-0.1, -0.05) is 0 Å². The van der Waals surface area contributed by atoms with Crippen molar-refractivity contribution >= 4 is 17.8 Å². The molecule has 3 rings (SSSR count). The van der Waals surface area contributed by atoms with Crippen molar-refractivity contribution in [2.24, 2.45) is 5.92 Å². The predicted octanol–water partition coefficient (Wildman–Crippen LogP) is -0.473. The molecule has 2 heterocycles. The molecule has 3 fully saturated rings. The number of piperazine rings is 1.